The van der Waals surface area contributed by atoms with E-state index in [1.54, 1.807) is 0 Å². The fourth-order valence-electron chi connectivity index (χ4n) is 3.01. The average Bonchev–Trinajstić information content (AvgIpc) is 2.76. The van der Waals surface area contributed by atoms with Crippen LogP contribution in [0.4, 0.5) is 0 Å². The fraction of sp³-hybridized carbons (Fsp3) is 0.562. The third-order valence-corrected chi connectivity index (χ3v) is 5.03. The van der Waals surface area contributed by atoms with Gasteiger partial charge in [0.05, 0.1) is 11.0 Å². The van der Waals surface area contributed by atoms with Gasteiger partial charge in [0.2, 0.25) is 0 Å². The van der Waals surface area contributed by atoms with Crippen molar-refractivity contribution in [1.29, 1.82) is 0 Å². The summed E-state index contributed by atoms with van der Waals surface area (Å²) in [5, 5.41) is 0. The Hall–Kier alpha value is -0.580. The molecule has 2 heterocycles. The summed E-state index contributed by atoms with van der Waals surface area (Å²) in [6.45, 7) is 5.06. The SMILES string of the molecule is CC1(Cn2c(CCCl)nc3cc(Br)ccc32)CCOCC1. The van der Waals surface area contributed by atoms with Crippen molar-refractivity contribution in [2.75, 3.05) is 19.1 Å². The molecule has 0 radical (unpaired) electrons. The molecule has 0 aliphatic carbocycles. The number of benzene rings is 1. The minimum Gasteiger partial charge on any atom is -0.381 e. The Balaban J connectivity index is 2.00. The molecule has 0 unspecified atom stereocenters. The van der Waals surface area contributed by atoms with Gasteiger partial charge >= 0.3 is 0 Å². The number of hydrogen-bond donors (Lipinski definition) is 0. The number of aryl methyl sites for hydroxylation is 1. The van der Waals surface area contributed by atoms with Crippen LogP contribution in [0.2, 0.25) is 0 Å². The summed E-state index contributed by atoms with van der Waals surface area (Å²) in [7, 11) is 0. The van der Waals surface area contributed by atoms with E-state index in [-0.39, 0.29) is 5.41 Å². The van der Waals surface area contributed by atoms with Crippen molar-refractivity contribution in [2.24, 2.45) is 5.41 Å². The normalized spacial score (nSPS) is 18.2. The number of fused-ring (bicyclic) bond motifs is 1. The van der Waals surface area contributed by atoms with Gasteiger partial charge in [0.1, 0.15) is 5.82 Å². The first-order chi connectivity index (χ1) is 10.1. The number of ether oxygens (including phenoxy) is 1. The zero-order valence-corrected chi connectivity index (χ0v) is 14.6. The Morgan fingerprint density at radius 3 is 2.86 bits per heavy atom. The van der Waals surface area contributed by atoms with E-state index in [2.05, 4.69) is 45.6 Å². The molecule has 114 valence electrons. The van der Waals surface area contributed by atoms with Gasteiger partial charge in [-0.1, -0.05) is 22.9 Å². The van der Waals surface area contributed by atoms with Crippen molar-refractivity contribution in [3.05, 3.63) is 28.5 Å². The van der Waals surface area contributed by atoms with Gasteiger partial charge in [0.25, 0.3) is 0 Å². The molecule has 1 fully saturated rings. The van der Waals surface area contributed by atoms with Gasteiger partial charge in [0.15, 0.2) is 0 Å². The monoisotopic (exact) mass is 370 g/mol. The first-order valence-electron chi connectivity index (χ1n) is 7.40. The Kier molecular flexibility index (Phi) is 4.57. The van der Waals surface area contributed by atoms with Crippen LogP contribution in [0, 0.1) is 5.41 Å². The van der Waals surface area contributed by atoms with Crippen LogP contribution in [-0.2, 0) is 17.7 Å². The largest absolute Gasteiger partial charge is 0.381 e. The lowest BCUT2D eigenvalue weighted by atomic mass is 9.82. The highest BCUT2D eigenvalue weighted by Crippen LogP contribution is 2.34. The van der Waals surface area contributed by atoms with Crippen LogP contribution >= 0.6 is 27.5 Å². The molecule has 0 saturated carbocycles. The van der Waals surface area contributed by atoms with Gasteiger partial charge in [-0.2, -0.15) is 0 Å². The predicted octanol–water partition coefficient (Wildman–Crippen LogP) is 4.40. The molecule has 0 bridgehead atoms. The van der Waals surface area contributed by atoms with Crippen molar-refractivity contribution in [2.45, 2.75) is 32.7 Å². The molecule has 1 aliphatic heterocycles. The van der Waals surface area contributed by atoms with Gasteiger partial charge in [-0.05, 0) is 36.5 Å². The number of imidazole rings is 1. The second kappa shape index (κ2) is 6.27. The number of rotatable bonds is 4. The molecule has 0 amide bonds. The Bertz CT molecular complexity index is 634. The van der Waals surface area contributed by atoms with Gasteiger partial charge in [-0.25, -0.2) is 4.98 Å². The summed E-state index contributed by atoms with van der Waals surface area (Å²) in [6.07, 6.45) is 3.01. The summed E-state index contributed by atoms with van der Waals surface area (Å²) in [5.74, 6) is 1.69. The average molecular weight is 372 g/mol. The molecule has 1 saturated heterocycles. The van der Waals surface area contributed by atoms with Gasteiger partial charge in [-0.3, -0.25) is 0 Å². The smallest absolute Gasteiger partial charge is 0.111 e. The quantitative estimate of drug-likeness (QED) is 0.745. The van der Waals surface area contributed by atoms with Crippen molar-refractivity contribution in [1.82, 2.24) is 9.55 Å². The topological polar surface area (TPSA) is 27.1 Å². The predicted molar refractivity (Wildman–Crippen MR) is 90.0 cm³/mol. The maximum absolute atomic E-state index is 5.96. The van der Waals surface area contributed by atoms with Gasteiger partial charge in [-0.15, -0.1) is 11.6 Å². The standard InChI is InChI=1S/C16H20BrClN2O/c1-16(5-8-21-9-6-16)11-20-14-3-2-12(17)10-13(14)19-15(20)4-7-18/h2-3,10H,4-9,11H2,1H3. The van der Waals surface area contributed by atoms with Crippen molar-refractivity contribution < 1.29 is 4.74 Å². The van der Waals surface area contributed by atoms with Crippen LogP contribution in [0.15, 0.2) is 22.7 Å². The minimum atomic E-state index is 0.278. The molecule has 1 aromatic heterocycles. The van der Waals surface area contributed by atoms with Crippen molar-refractivity contribution in [3.63, 3.8) is 0 Å². The molecule has 2 aromatic rings. The molecule has 0 spiro atoms. The molecule has 3 rings (SSSR count). The van der Waals surface area contributed by atoms with Crippen LogP contribution in [-0.4, -0.2) is 28.6 Å². The molecule has 0 atom stereocenters. The van der Waals surface area contributed by atoms with E-state index in [1.165, 1.54) is 5.52 Å². The van der Waals surface area contributed by atoms with E-state index in [4.69, 9.17) is 21.3 Å². The molecular weight excluding hydrogens is 352 g/mol. The molecule has 21 heavy (non-hydrogen) atoms. The second-order valence-corrected chi connectivity index (χ2v) is 7.40. The molecule has 3 nitrogen and oxygen atoms in total. The number of aromatic nitrogens is 2. The lowest BCUT2D eigenvalue weighted by molar-refractivity contribution is 0.0157. The van der Waals surface area contributed by atoms with E-state index < -0.39 is 0 Å². The first-order valence-corrected chi connectivity index (χ1v) is 8.72. The lowest BCUT2D eigenvalue weighted by Gasteiger charge is -2.34. The molecule has 0 N–H and O–H groups in total. The maximum atomic E-state index is 5.96. The highest BCUT2D eigenvalue weighted by Gasteiger charge is 2.29. The summed E-state index contributed by atoms with van der Waals surface area (Å²) in [5.41, 5.74) is 2.52. The minimum absolute atomic E-state index is 0.278. The third kappa shape index (κ3) is 3.27. The van der Waals surface area contributed by atoms with Crippen LogP contribution < -0.4 is 0 Å². The van der Waals surface area contributed by atoms with E-state index in [0.29, 0.717) is 5.88 Å². The summed E-state index contributed by atoms with van der Waals surface area (Å²) in [6, 6.07) is 6.31. The summed E-state index contributed by atoms with van der Waals surface area (Å²) in [4.78, 5) is 4.78. The number of alkyl halides is 1. The fourth-order valence-corrected chi connectivity index (χ4v) is 3.53. The third-order valence-electron chi connectivity index (χ3n) is 4.35. The number of hydrogen-bond acceptors (Lipinski definition) is 2. The van der Waals surface area contributed by atoms with E-state index in [1.807, 2.05) is 0 Å². The van der Waals surface area contributed by atoms with Crippen LogP contribution in [0.5, 0.6) is 0 Å². The molecular formula is C16H20BrClN2O. The molecule has 1 aliphatic rings. The van der Waals surface area contributed by atoms with Crippen LogP contribution in [0.3, 0.4) is 0 Å². The zero-order chi connectivity index (χ0) is 14.9. The van der Waals surface area contributed by atoms with E-state index >= 15 is 0 Å². The molecule has 5 heteroatoms. The van der Waals surface area contributed by atoms with Crippen molar-refractivity contribution >= 4 is 38.6 Å². The number of halogens is 2. The summed E-state index contributed by atoms with van der Waals surface area (Å²) >= 11 is 9.48. The second-order valence-electron chi connectivity index (χ2n) is 6.11. The summed E-state index contributed by atoms with van der Waals surface area (Å²) < 4.78 is 8.93. The Labute approximate surface area is 138 Å². The Morgan fingerprint density at radius 1 is 1.38 bits per heavy atom. The van der Waals surface area contributed by atoms with E-state index in [0.717, 1.165) is 54.8 Å². The van der Waals surface area contributed by atoms with Crippen LogP contribution in [0.25, 0.3) is 11.0 Å². The maximum Gasteiger partial charge on any atom is 0.111 e. The van der Waals surface area contributed by atoms with Crippen LogP contribution in [0.1, 0.15) is 25.6 Å². The lowest BCUT2D eigenvalue weighted by Crippen LogP contribution is -2.31. The van der Waals surface area contributed by atoms with E-state index in [9.17, 15) is 0 Å². The molecule has 1 aromatic carbocycles. The van der Waals surface area contributed by atoms with Crippen molar-refractivity contribution in [3.8, 4) is 0 Å². The highest BCUT2D eigenvalue weighted by atomic mass is 79.9. The van der Waals surface area contributed by atoms with Gasteiger partial charge in [0, 0.05) is 36.5 Å². The highest BCUT2D eigenvalue weighted by molar-refractivity contribution is 9.10. The number of nitrogens with zero attached hydrogens (tertiary/aromatic N) is 2. The Morgan fingerprint density at radius 2 is 2.14 bits per heavy atom. The first kappa shape index (κ1) is 15.3. The van der Waals surface area contributed by atoms with Gasteiger partial charge < -0.3 is 9.30 Å². The zero-order valence-electron chi connectivity index (χ0n) is 12.2.